The monoisotopic (exact) mass is 264 g/mol. The van der Waals surface area contributed by atoms with Crippen molar-refractivity contribution in [3.63, 3.8) is 0 Å². The van der Waals surface area contributed by atoms with Gasteiger partial charge in [0.1, 0.15) is 0 Å². The Morgan fingerprint density at radius 2 is 2.11 bits per heavy atom. The number of ether oxygens (including phenoxy) is 1. The molecule has 0 saturated carbocycles. The number of hydrogen-bond acceptors (Lipinski definition) is 2. The van der Waals surface area contributed by atoms with Crippen LogP contribution in [0.5, 0.6) is 0 Å². The van der Waals surface area contributed by atoms with Crippen LogP contribution in [-0.4, -0.2) is 13.1 Å². The van der Waals surface area contributed by atoms with E-state index in [1.807, 2.05) is 6.08 Å². The Kier molecular flexibility index (Phi) is 5.84. The fraction of sp³-hybridized carbons (Fsp3) is 0.706. The van der Waals surface area contributed by atoms with Crippen molar-refractivity contribution in [3.05, 3.63) is 22.8 Å². The van der Waals surface area contributed by atoms with Crippen molar-refractivity contribution >= 4 is 5.97 Å². The molecule has 0 radical (unpaired) electrons. The van der Waals surface area contributed by atoms with Crippen LogP contribution in [0, 0.1) is 5.41 Å². The van der Waals surface area contributed by atoms with E-state index in [-0.39, 0.29) is 5.97 Å². The van der Waals surface area contributed by atoms with Gasteiger partial charge in [-0.3, -0.25) is 4.79 Å². The second kappa shape index (κ2) is 6.93. The molecule has 108 valence electrons. The van der Waals surface area contributed by atoms with Crippen LogP contribution in [0.15, 0.2) is 22.8 Å². The van der Waals surface area contributed by atoms with Crippen molar-refractivity contribution in [3.8, 4) is 0 Å². The molecule has 0 fully saturated rings. The highest BCUT2D eigenvalue weighted by atomic mass is 16.5. The summed E-state index contributed by atoms with van der Waals surface area (Å²) in [5.41, 5.74) is 4.85. The average molecular weight is 264 g/mol. The Balaban J connectivity index is 2.58. The minimum absolute atomic E-state index is 0.159. The molecule has 1 aliphatic carbocycles. The Labute approximate surface area is 117 Å². The molecule has 0 heterocycles. The third-order valence-corrected chi connectivity index (χ3v) is 4.30. The molecule has 0 bridgehead atoms. The highest BCUT2D eigenvalue weighted by Crippen LogP contribution is 2.42. The number of carbonyl (C=O) groups is 1. The molecule has 0 amide bonds. The van der Waals surface area contributed by atoms with E-state index in [2.05, 4.69) is 32.4 Å². The minimum Gasteiger partial charge on any atom is -0.469 e. The smallest absolute Gasteiger partial charge is 0.309 e. The van der Waals surface area contributed by atoms with E-state index in [4.69, 9.17) is 0 Å². The first-order valence-electron chi connectivity index (χ1n) is 7.28. The van der Waals surface area contributed by atoms with E-state index in [0.29, 0.717) is 11.8 Å². The van der Waals surface area contributed by atoms with Crippen molar-refractivity contribution in [1.29, 1.82) is 0 Å². The van der Waals surface area contributed by atoms with E-state index in [1.165, 1.54) is 31.9 Å². The zero-order chi connectivity index (χ0) is 14.5. The third-order valence-electron chi connectivity index (χ3n) is 4.30. The number of hydrogen-bond donors (Lipinski definition) is 0. The fourth-order valence-corrected chi connectivity index (χ4v) is 2.99. The van der Waals surface area contributed by atoms with Gasteiger partial charge in [0.2, 0.25) is 0 Å². The first-order chi connectivity index (χ1) is 8.86. The summed E-state index contributed by atoms with van der Waals surface area (Å²) in [4.78, 5) is 11.1. The second-order valence-corrected chi connectivity index (χ2v) is 6.33. The highest BCUT2D eigenvalue weighted by molar-refractivity contribution is 5.71. The van der Waals surface area contributed by atoms with Gasteiger partial charge in [-0.1, -0.05) is 36.6 Å². The van der Waals surface area contributed by atoms with Crippen LogP contribution in [-0.2, 0) is 9.53 Å². The average Bonchev–Trinajstić information content (AvgIpc) is 2.34. The van der Waals surface area contributed by atoms with Crippen LogP contribution in [0.4, 0.5) is 0 Å². The van der Waals surface area contributed by atoms with E-state index in [1.54, 1.807) is 11.1 Å². The number of esters is 1. The molecule has 2 heteroatoms. The van der Waals surface area contributed by atoms with Gasteiger partial charge in [0, 0.05) is 0 Å². The molecule has 0 unspecified atom stereocenters. The van der Waals surface area contributed by atoms with Crippen molar-refractivity contribution in [1.82, 2.24) is 0 Å². The van der Waals surface area contributed by atoms with Crippen LogP contribution in [0.1, 0.15) is 66.2 Å². The van der Waals surface area contributed by atoms with Gasteiger partial charge < -0.3 is 4.74 Å². The third kappa shape index (κ3) is 4.85. The lowest BCUT2D eigenvalue weighted by molar-refractivity contribution is -0.139. The van der Waals surface area contributed by atoms with E-state index in [9.17, 15) is 4.79 Å². The molecule has 0 atom stereocenters. The summed E-state index contributed by atoms with van der Waals surface area (Å²) >= 11 is 0. The Morgan fingerprint density at radius 3 is 2.68 bits per heavy atom. The predicted octanol–water partition coefficient (Wildman–Crippen LogP) is 4.80. The zero-order valence-electron chi connectivity index (χ0n) is 13.1. The number of rotatable bonds is 5. The predicted molar refractivity (Wildman–Crippen MR) is 80.0 cm³/mol. The standard InChI is InChI=1S/C17H28O2/c1-13(9-11-16(18)19-5)8-10-15-14(2)7-6-12-17(15,3)4/h9H,6-8,10-12H2,1-5H3/b13-9+. The summed E-state index contributed by atoms with van der Waals surface area (Å²) in [6, 6.07) is 0. The molecule has 19 heavy (non-hydrogen) atoms. The van der Waals surface area contributed by atoms with Gasteiger partial charge in [-0.05, 0) is 51.4 Å². The van der Waals surface area contributed by atoms with Crippen LogP contribution in [0.2, 0.25) is 0 Å². The highest BCUT2D eigenvalue weighted by Gasteiger charge is 2.27. The maximum Gasteiger partial charge on any atom is 0.309 e. The first kappa shape index (κ1) is 16.0. The molecule has 0 saturated heterocycles. The lowest BCUT2D eigenvalue weighted by atomic mass is 9.71. The SMILES string of the molecule is COC(=O)C/C=C(\C)CCC1=C(C)CCCC1(C)C. The van der Waals surface area contributed by atoms with Gasteiger partial charge in [0.05, 0.1) is 13.5 Å². The Hall–Kier alpha value is -1.05. The van der Waals surface area contributed by atoms with Crippen molar-refractivity contribution in [2.24, 2.45) is 5.41 Å². The maximum absolute atomic E-state index is 11.1. The fourth-order valence-electron chi connectivity index (χ4n) is 2.99. The molecule has 1 aliphatic rings. The van der Waals surface area contributed by atoms with Crippen molar-refractivity contribution in [2.45, 2.75) is 66.2 Å². The first-order valence-corrected chi connectivity index (χ1v) is 7.28. The molecule has 2 nitrogen and oxygen atoms in total. The Bertz CT molecular complexity index is 386. The summed E-state index contributed by atoms with van der Waals surface area (Å²) in [6.45, 7) is 9.11. The summed E-state index contributed by atoms with van der Waals surface area (Å²) < 4.78 is 4.65. The molecule has 0 aliphatic heterocycles. The normalized spacial score (nSPS) is 19.5. The number of carbonyl (C=O) groups excluding carboxylic acids is 1. The maximum atomic E-state index is 11.1. The van der Waals surface area contributed by atoms with Gasteiger partial charge >= 0.3 is 5.97 Å². The van der Waals surface area contributed by atoms with E-state index >= 15 is 0 Å². The van der Waals surface area contributed by atoms with Gasteiger partial charge in [-0.25, -0.2) is 0 Å². The number of methoxy groups -OCH3 is 1. The summed E-state index contributed by atoms with van der Waals surface area (Å²) in [5.74, 6) is -0.159. The van der Waals surface area contributed by atoms with Crippen LogP contribution < -0.4 is 0 Å². The Morgan fingerprint density at radius 1 is 1.42 bits per heavy atom. The molecule has 0 aromatic rings. The molecule has 0 aromatic carbocycles. The topological polar surface area (TPSA) is 26.3 Å². The lowest BCUT2D eigenvalue weighted by Gasteiger charge is -2.34. The molecule has 0 aromatic heterocycles. The largest absolute Gasteiger partial charge is 0.469 e. The lowest BCUT2D eigenvalue weighted by Crippen LogP contribution is -2.20. The summed E-state index contributed by atoms with van der Waals surface area (Å²) in [6.07, 6.45) is 8.44. The molecular weight excluding hydrogens is 236 g/mol. The summed E-state index contributed by atoms with van der Waals surface area (Å²) in [5, 5.41) is 0. The van der Waals surface area contributed by atoms with Crippen molar-refractivity contribution < 1.29 is 9.53 Å². The zero-order valence-corrected chi connectivity index (χ0v) is 13.1. The van der Waals surface area contributed by atoms with Crippen LogP contribution >= 0.6 is 0 Å². The summed E-state index contributed by atoms with van der Waals surface area (Å²) in [7, 11) is 1.43. The quantitative estimate of drug-likeness (QED) is 0.526. The van der Waals surface area contributed by atoms with Crippen LogP contribution in [0.3, 0.4) is 0 Å². The van der Waals surface area contributed by atoms with Gasteiger partial charge in [-0.2, -0.15) is 0 Å². The van der Waals surface area contributed by atoms with Crippen LogP contribution in [0.25, 0.3) is 0 Å². The molecule has 0 spiro atoms. The van der Waals surface area contributed by atoms with Gasteiger partial charge in [0.25, 0.3) is 0 Å². The molecule has 0 N–H and O–H groups in total. The molecular formula is C17H28O2. The second-order valence-electron chi connectivity index (χ2n) is 6.33. The number of allylic oxidation sites excluding steroid dienone is 3. The van der Waals surface area contributed by atoms with Gasteiger partial charge in [0.15, 0.2) is 0 Å². The minimum atomic E-state index is -0.159. The molecule has 1 rings (SSSR count). The van der Waals surface area contributed by atoms with Gasteiger partial charge in [-0.15, -0.1) is 0 Å². The van der Waals surface area contributed by atoms with E-state index < -0.39 is 0 Å². The van der Waals surface area contributed by atoms with E-state index in [0.717, 1.165) is 12.8 Å². The van der Waals surface area contributed by atoms with Crippen molar-refractivity contribution in [2.75, 3.05) is 7.11 Å².